The lowest BCUT2D eigenvalue weighted by molar-refractivity contribution is -0.174. The molecular formula is C6H11NO3. The average molecular weight is 145 g/mol. The quantitative estimate of drug-likeness (QED) is 0.538. The molecule has 1 rings (SSSR count). The van der Waals surface area contributed by atoms with E-state index in [0.717, 1.165) is 6.42 Å². The third kappa shape index (κ3) is 1.97. The lowest BCUT2D eigenvalue weighted by atomic mass is 10.1. The molecular weight excluding hydrogens is 134 g/mol. The average Bonchev–Trinajstić information content (AvgIpc) is 1.88. The van der Waals surface area contributed by atoms with Crippen molar-refractivity contribution in [1.29, 1.82) is 0 Å². The second-order valence-electron chi connectivity index (χ2n) is 2.32. The molecule has 0 amide bonds. The molecule has 1 aliphatic heterocycles. The van der Waals surface area contributed by atoms with Gasteiger partial charge in [0.2, 0.25) is 6.29 Å². The summed E-state index contributed by atoms with van der Waals surface area (Å²) >= 11 is 0. The first-order valence-electron chi connectivity index (χ1n) is 3.29. The second-order valence-corrected chi connectivity index (χ2v) is 2.32. The Hall–Kier alpha value is -0.610. The first kappa shape index (κ1) is 7.50. The van der Waals surface area contributed by atoms with Gasteiger partial charge in [-0.1, -0.05) is 0 Å². The minimum absolute atomic E-state index is 0.110. The van der Waals surface area contributed by atoms with Gasteiger partial charge in [-0.2, -0.15) is 0 Å². The van der Waals surface area contributed by atoms with Gasteiger partial charge in [0, 0.05) is 12.5 Å². The van der Waals surface area contributed by atoms with Gasteiger partial charge in [0.25, 0.3) is 6.47 Å². The van der Waals surface area contributed by atoms with Crippen LogP contribution in [0.3, 0.4) is 0 Å². The molecule has 58 valence electrons. The summed E-state index contributed by atoms with van der Waals surface area (Å²) in [4.78, 5) is 9.84. The maximum absolute atomic E-state index is 9.84. The van der Waals surface area contributed by atoms with Crippen molar-refractivity contribution in [1.82, 2.24) is 0 Å². The Balaban J connectivity index is 2.24. The number of hydrogen-bond acceptors (Lipinski definition) is 4. The van der Waals surface area contributed by atoms with Crippen LogP contribution >= 0.6 is 0 Å². The Morgan fingerprint density at radius 3 is 3.10 bits per heavy atom. The van der Waals surface area contributed by atoms with Gasteiger partial charge >= 0.3 is 0 Å². The van der Waals surface area contributed by atoms with Gasteiger partial charge < -0.3 is 15.2 Å². The van der Waals surface area contributed by atoms with Gasteiger partial charge in [-0.25, -0.2) is 0 Å². The van der Waals surface area contributed by atoms with E-state index >= 15 is 0 Å². The largest absolute Gasteiger partial charge is 0.438 e. The maximum Gasteiger partial charge on any atom is 0.295 e. The molecule has 10 heavy (non-hydrogen) atoms. The van der Waals surface area contributed by atoms with Crippen LogP contribution in [0.2, 0.25) is 0 Å². The van der Waals surface area contributed by atoms with Crippen molar-refractivity contribution in [2.45, 2.75) is 25.2 Å². The number of rotatable bonds is 2. The minimum Gasteiger partial charge on any atom is -0.438 e. The molecule has 4 nitrogen and oxygen atoms in total. The monoisotopic (exact) mass is 145 g/mol. The highest BCUT2D eigenvalue weighted by Crippen LogP contribution is 2.11. The summed E-state index contributed by atoms with van der Waals surface area (Å²) in [5.41, 5.74) is 5.58. The molecule has 4 heteroatoms. The van der Waals surface area contributed by atoms with E-state index in [4.69, 9.17) is 10.5 Å². The molecule has 0 aromatic heterocycles. The zero-order chi connectivity index (χ0) is 7.40. The van der Waals surface area contributed by atoms with Crippen LogP contribution in [0.25, 0.3) is 0 Å². The summed E-state index contributed by atoms with van der Waals surface area (Å²) in [6.45, 7) is 0.975. The van der Waals surface area contributed by atoms with E-state index in [0.29, 0.717) is 19.5 Å². The highest BCUT2D eigenvalue weighted by Gasteiger charge is 2.19. The maximum atomic E-state index is 9.84. The lowest BCUT2D eigenvalue weighted by Crippen LogP contribution is -2.35. The van der Waals surface area contributed by atoms with E-state index in [2.05, 4.69) is 4.74 Å². The Morgan fingerprint density at radius 1 is 1.70 bits per heavy atom. The normalized spacial score (nSPS) is 33.3. The Labute approximate surface area is 59.3 Å². The Morgan fingerprint density at radius 2 is 2.50 bits per heavy atom. The van der Waals surface area contributed by atoms with Crippen molar-refractivity contribution in [3.63, 3.8) is 0 Å². The van der Waals surface area contributed by atoms with E-state index in [-0.39, 0.29) is 6.04 Å². The van der Waals surface area contributed by atoms with Crippen LogP contribution in [0.4, 0.5) is 0 Å². The number of hydrogen-bond donors (Lipinski definition) is 1. The molecule has 0 bridgehead atoms. The molecule has 1 heterocycles. The molecule has 0 spiro atoms. The van der Waals surface area contributed by atoms with Crippen molar-refractivity contribution in [2.24, 2.45) is 5.73 Å². The first-order chi connectivity index (χ1) is 4.83. The summed E-state index contributed by atoms with van der Waals surface area (Å²) in [5.74, 6) is 0. The lowest BCUT2D eigenvalue weighted by Gasteiger charge is -2.24. The van der Waals surface area contributed by atoms with Crippen molar-refractivity contribution < 1.29 is 14.3 Å². The molecule has 1 saturated heterocycles. The summed E-state index contributed by atoms with van der Waals surface area (Å²) in [7, 11) is 0. The highest BCUT2D eigenvalue weighted by molar-refractivity contribution is 5.37. The second kappa shape index (κ2) is 3.53. The topological polar surface area (TPSA) is 61.6 Å². The molecule has 0 aromatic carbocycles. The van der Waals surface area contributed by atoms with Crippen LogP contribution in [0.15, 0.2) is 0 Å². The van der Waals surface area contributed by atoms with Crippen molar-refractivity contribution in [2.75, 3.05) is 6.61 Å². The van der Waals surface area contributed by atoms with Crippen LogP contribution in [0.5, 0.6) is 0 Å². The fraction of sp³-hybridized carbons (Fsp3) is 0.833. The van der Waals surface area contributed by atoms with Gasteiger partial charge in [-0.05, 0) is 6.42 Å². The number of carbonyl (C=O) groups is 1. The molecule has 0 aliphatic carbocycles. The van der Waals surface area contributed by atoms with Crippen molar-refractivity contribution in [3.05, 3.63) is 0 Å². The van der Waals surface area contributed by atoms with E-state index in [1.54, 1.807) is 0 Å². The van der Waals surface area contributed by atoms with Crippen LogP contribution in [-0.2, 0) is 14.3 Å². The van der Waals surface area contributed by atoms with Crippen molar-refractivity contribution in [3.8, 4) is 0 Å². The standard InChI is InChI=1S/C6H11NO3/c7-5-1-2-9-6(3-5)10-4-8/h4-6H,1-3,7H2. The van der Waals surface area contributed by atoms with Crippen LogP contribution in [0, 0.1) is 0 Å². The third-order valence-electron chi connectivity index (χ3n) is 1.49. The van der Waals surface area contributed by atoms with Gasteiger partial charge in [0.1, 0.15) is 0 Å². The van der Waals surface area contributed by atoms with Crippen LogP contribution in [-0.4, -0.2) is 25.4 Å². The van der Waals surface area contributed by atoms with Crippen LogP contribution < -0.4 is 5.73 Å². The number of carbonyl (C=O) groups excluding carboxylic acids is 1. The van der Waals surface area contributed by atoms with Gasteiger partial charge in [-0.3, -0.25) is 4.79 Å². The number of nitrogens with two attached hydrogens (primary N) is 1. The zero-order valence-corrected chi connectivity index (χ0v) is 5.66. The SMILES string of the molecule is NC1CCOC(OC=O)C1. The molecule has 1 fully saturated rings. The fourth-order valence-corrected chi connectivity index (χ4v) is 0.941. The third-order valence-corrected chi connectivity index (χ3v) is 1.49. The summed E-state index contributed by atoms with van der Waals surface area (Å²) in [6.07, 6.45) is 1.04. The molecule has 2 atom stereocenters. The first-order valence-corrected chi connectivity index (χ1v) is 3.29. The highest BCUT2D eigenvalue weighted by atomic mass is 16.7. The Kier molecular flexibility index (Phi) is 2.65. The van der Waals surface area contributed by atoms with E-state index in [1.165, 1.54) is 0 Å². The van der Waals surface area contributed by atoms with E-state index < -0.39 is 6.29 Å². The molecule has 0 radical (unpaired) electrons. The Bertz CT molecular complexity index is 118. The molecule has 0 saturated carbocycles. The predicted octanol–water partition coefficient (Wildman–Crippen LogP) is -0.377. The summed E-state index contributed by atoms with van der Waals surface area (Å²) < 4.78 is 9.63. The van der Waals surface area contributed by atoms with Gasteiger partial charge in [-0.15, -0.1) is 0 Å². The fourth-order valence-electron chi connectivity index (χ4n) is 0.941. The van der Waals surface area contributed by atoms with E-state index in [1.807, 2.05) is 0 Å². The number of ether oxygens (including phenoxy) is 2. The van der Waals surface area contributed by atoms with Crippen molar-refractivity contribution >= 4 is 6.47 Å². The van der Waals surface area contributed by atoms with E-state index in [9.17, 15) is 4.79 Å². The van der Waals surface area contributed by atoms with Gasteiger partial charge in [0.15, 0.2) is 0 Å². The smallest absolute Gasteiger partial charge is 0.295 e. The van der Waals surface area contributed by atoms with Gasteiger partial charge in [0.05, 0.1) is 6.61 Å². The van der Waals surface area contributed by atoms with Crippen LogP contribution in [0.1, 0.15) is 12.8 Å². The molecule has 1 aliphatic rings. The summed E-state index contributed by atoms with van der Waals surface area (Å²) in [5, 5.41) is 0. The zero-order valence-electron chi connectivity index (χ0n) is 5.66. The molecule has 0 aromatic rings. The molecule has 2 N–H and O–H groups in total. The minimum atomic E-state index is -0.416. The predicted molar refractivity (Wildman–Crippen MR) is 34.1 cm³/mol. The summed E-state index contributed by atoms with van der Waals surface area (Å²) in [6, 6.07) is 0.110. The molecule has 2 unspecified atom stereocenters.